The average molecular weight is 542 g/mol. The minimum Gasteiger partial charge on any atom is -0.485 e. The van der Waals surface area contributed by atoms with E-state index in [0.717, 1.165) is 29.5 Å². The zero-order valence-electron chi connectivity index (χ0n) is 18.2. The summed E-state index contributed by atoms with van der Waals surface area (Å²) < 4.78 is 75.5. The molecule has 2 aromatic carbocycles. The summed E-state index contributed by atoms with van der Waals surface area (Å²) in [5.41, 5.74) is -0.706. The smallest absolute Gasteiger partial charge is 0.419 e. The Morgan fingerprint density at radius 3 is 2.51 bits per heavy atom. The Hall–Kier alpha value is -2.78. The number of alkyl halides is 3. The van der Waals surface area contributed by atoms with E-state index in [4.69, 9.17) is 21.6 Å². The number of thiophene rings is 1. The van der Waals surface area contributed by atoms with Crippen LogP contribution in [0.4, 0.5) is 18.9 Å². The van der Waals surface area contributed by atoms with Gasteiger partial charge in [-0.15, -0.1) is 11.3 Å². The van der Waals surface area contributed by atoms with Crippen LogP contribution in [0.2, 0.25) is 4.34 Å². The van der Waals surface area contributed by atoms with Crippen molar-refractivity contribution in [2.45, 2.75) is 29.3 Å². The highest BCUT2D eigenvalue weighted by molar-refractivity contribution is 7.94. The summed E-state index contributed by atoms with van der Waals surface area (Å²) in [6, 6.07) is 12.6. The number of nitrogens with zero attached hydrogens (tertiary/aromatic N) is 1. The van der Waals surface area contributed by atoms with Crippen LogP contribution in [0.3, 0.4) is 0 Å². The Bertz CT molecular complexity index is 1390. The van der Waals surface area contributed by atoms with Crippen molar-refractivity contribution in [3.05, 3.63) is 64.0 Å². The summed E-state index contributed by atoms with van der Waals surface area (Å²) in [4.78, 5) is 0. The fourth-order valence-electron chi connectivity index (χ4n) is 3.72. The van der Waals surface area contributed by atoms with Crippen LogP contribution < -0.4 is 14.8 Å². The van der Waals surface area contributed by atoms with Gasteiger partial charge in [0.2, 0.25) is 0 Å². The second-order valence-electron chi connectivity index (χ2n) is 8.23. The Morgan fingerprint density at radius 1 is 1.20 bits per heavy atom. The Kier molecular flexibility index (Phi) is 6.76. The van der Waals surface area contributed by atoms with E-state index in [1.54, 1.807) is 31.2 Å². The first kappa shape index (κ1) is 25.3. The highest BCUT2D eigenvalue weighted by Crippen LogP contribution is 2.42. The molecule has 0 unspecified atom stereocenters. The SMILES string of the molecule is C[C@@]1(Oc2cc(NS(=O)(=O)c3sc(Cl)cc3-c3ccc(C#N)cc3)ccc2C(F)(F)F)CCNC1. The first-order valence-corrected chi connectivity index (χ1v) is 13.0. The minimum atomic E-state index is -4.68. The van der Waals surface area contributed by atoms with Gasteiger partial charge in [-0.05, 0) is 49.4 Å². The lowest BCUT2D eigenvalue weighted by Gasteiger charge is -2.27. The molecule has 0 amide bonds. The Labute approximate surface area is 209 Å². The molecule has 184 valence electrons. The summed E-state index contributed by atoms with van der Waals surface area (Å²) in [6.07, 6.45) is -4.18. The van der Waals surface area contributed by atoms with Crippen molar-refractivity contribution in [2.24, 2.45) is 0 Å². The maximum Gasteiger partial charge on any atom is 0.419 e. The summed E-state index contributed by atoms with van der Waals surface area (Å²) in [7, 11) is -4.22. The quantitative estimate of drug-likeness (QED) is 0.406. The van der Waals surface area contributed by atoms with Crippen LogP contribution in [-0.2, 0) is 16.2 Å². The lowest BCUT2D eigenvalue weighted by molar-refractivity contribution is -0.139. The molecule has 0 aliphatic carbocycles. The first-order chi connectivity index (χ1) is 16.4. The standard InChI is InChI=1S/C23H19ClF3N3O3S2/c1-22(8-9-29-13-22)33-19-10-16(6-7-18(19)23(25,26)27)30-35(31,32)21-17(11-20(24)34-21)15-4-2-14(12-28)3-5-15/h2-7,10-11,29-30H,8-9,13H2,1H3/t22-/m1/s1. The maximum absolute atomic E-state index is 13.6. The second kappa shape index (κ2) is 9.35. The van der Waals surface area contributed by atoms with E-state index in [0.29, 0.717) is 36.2 Å². The molecular formula is C23H19ClF3N3O3S2. The molecule has 2 heterocycles. The molecule has 2 N–H and O–H groups in total. The van der Waals surface area contributed by atoms with Crippen molar-refractivity contribution in [2.75, 3.05) is 17.8 Å². The Morgan fingerprint density at radius 2 is 1.91 bits per heavy atom. The number of hydrogen-bond donors (Lipinski definition) is 2. The van der Waals surface area contributed by atoms with Gasteiger partial charge in [-0.25, -0.2) is 8.42 Å². The van der Waals surface area contributed by atoms with E-state index in [9.17, 15) is 21.6 Å². The number of benzene rings is 2. The van der Waals surface area contributed by atoms with Gasteiger partial charge in [-0.1, -0.05) is 23.7 Å². The van der Waals surface area contributed by atoms with Crippen LogP contribution in [0.15, 0.2) is 52.7 Å². The number of sulfonamides is 1. The fraction of sp³-hybridized carbons (Fsp3) is 0.261. The number of nitriles is 1. The van der Waals surface area contributed by atoms with Gasteiger partial charge >= 0.3 is 6.18 Å². The number of halogens is 4. The number of ether oxygens (including phenoxy) is 1. The zero-order chi connectivity index (χ0) is 25.4. The molecule has 0 saturated carbocycles. The molecule has 1 aliphatic rings. The Balaban J connectivity index is 1.70. The molecule has 0 radical (unpaired) electrons. The van der Waals surface area contributed by atoms with Crippen molar-refractivity contribution in [1.82, 2.24) is 5.32 Å². The molecule has 12 heteroatoms. The topological polar surface area (TPSA) is 91.2 Å². The van der Waals surface area contributed by atoms with Gasteiger partial charge in [0.1, 0.15) is 15.6 Å². The summed E-state index contributed by atoms with van der Waals surface area (Å²) in [6.45, 7) is 2.66. The van der Waals surface area contributed by atoms with Crippen molar-refractivity contribution in [3.8, 4) is 22.9 Å². The predicted molar refractivity (Wildman–Crippen MR) is 128 cm³/mol. The zero-order valence-corrected chi connectivity index (χ0v) is 20.6. The fourth-order valence-corrected chi connectivity index (χ4v) is 6.67. The van der Waals surface area contributed by atoms with Gasteiger partial charge in [-0.2, -0.15) is 18.4 Å². The predicted octanol–water partition coefficient (Wildman–Crippen LogP) is 5.89. The number of hydrogen-bond acceptors (Lipinski definition) is 6. The maximum atomic E-state index is 13.6. The molecule has 0 bridgehead atoms. The third-order valence-corrected chi connectivity index (χ3v) is 8.64. The highest BCUT2D eigenvalue weighted by Gasteiger charge is 2.38. The molecule has 1 fully saturated rings. The molecule has 0 spiro atoms. The molecule has 1 saturated heterocycles. The van der Waals surface area contributed by atoms with Gasteiger partial charge in [0.15, 0.2) is 0 Å². The van der Waals surface area contributed by atoms with E-state index in [1.165, 1.54) is 6.07 Å². The molecule has 1 atom stereocenters. The lowest BCUT2D eigenvalue weighted by atomic mass is 10.1. The number of anilines is 1. The molecule has 4 rings (SSSR count). The number of nitrogens with one attached hydrogen (secondary N) is 2. The minimum absolute atomic E-state index is 0.0853. The summed E-state index contributed by atoms with van der Waals surface area (Å²) >= 11 is 6.93. The molecular weight excluding hydrogens is 523 g/mol. The van der Waals surface area contributed by atoms with E-state index in [2.05, 4.69) is 10.0 Å². The third-order valence-electron chi connectivity index (χ3n) is 5.46. The first-order valence-electron chi connectivity index (χ1n) is 10.3. The van der Waals surface area contributed by atoms with Crippen LogP contribution in [0, 0.1) is 11.3 Å². The molecule has 1 aliphatic heterocycles. The average Bonchev–Trinajstić information content (AvgIpc) is 3.39. The summed E-state index contributed by atoms with van der Waals surface area (Å²) in [5, 5.41) is 12.0. The molecule has 3 aromatic rings. The van der Waals surface area contributed by atoms with E-state index in [-0.39, 0.29) is 14.2 Å². The molecule has 6 nitrogen and oxygen atoms in total. The second-order valence-corrected chi connectivity index (χ2v) is 11.8. The normalized spacial score (nSPS) is 18.3. The van der Waals surface area contributed by atoms with Gasteiger partial charge in [0.25, 0.3) is 10.0 Å². The van der Waals surface area contributed by atoms with Crippen molar-refractivity contribution < 1.29 is 26.3 Å². The van der Waals surface area contributed by atoms with Gasteiger partial charge in [0, 0.05) is 24.6 Å². The summed E-state index contributed by atoms with van der Waals surface area (Å²) in [5.74, 6) is -0.458. The van der Waals surface area contributed by atoms with Crippen LogP contribution in [0.5, 0.6) is 5.75 Å². The van der Waals surface area contributed by atoms with Gasteiger partial charge < -0.3 is 10.1 Å². The third kappa shape index (κ3) is 5.56. The lowest BCUT2D eigenvalue weighted by Crippen LogP contribution is -2.35. The monoisotopic (exact) mass is 541 g/mol. The van der Waals surface area contributed by atoms with E-state index < -0.39 is 33.1 Å². The van der Waals surface area contributed by atoms with Crippen LogP contribution >= 0.6 is 22.9 Å². The largest absolute Gasteiger partial charge is 0.485 e. The van der Waals surface area contributed by atoms with Crippen LogP contribution in [0.1, 0.15) is 24.5 Å². The van der Waals surface area contributed by atoms with Gasteiger partial charge in [0.05, 0.1) is 27.2 Å². The van der Waals surface area contributed by atoms with E-state index >= 15 is 0 Å². The highest BCUT2D eigenvalue weighted by atomic mass is 35.5. The molecule has 1 aromatic heterocycles. The number of rotatable bonds is 6. The van der Waals surface area contributed by atoms with Crippen molar-refractivity contribution in [3.63, 3.8) is 0 Å². The van der Waals surface area contributed by atoms with Crippen molar-refractivity contribution >= 4 is 38.6 Å². The van der Waals surface area contributed by atoms with Gasteiger partial charge in [-0.3, -0.25) is 4.72 Å². The van der Waals surface area contributed by atoms with Crippen LogP contribution in [-0.4, -0.2) is 27.1 Å². The van der Waals surface area contributed by atoms with Crippen LogP contribution in [0.25, 0.3) is 11.1 Å². The van der Waals surface area contributed by atoms with E-state index in [1.807, 2.05) is 6.07 Å². The van der Waals surface area contributed by atoms with Crippen molar-refractivity contribution in [1.29, 1.82) is 5.26 Å². The molecule has 35 heavy (non-hydrogen) atoms.